The van der Waals surface area contributed by atoms with Crippen molar-refractivity contribution < 1.29 is 19.1 Å². The van der Waals surface area contributed by atoms with Gasteiger partial charge in [-0.25, -0.2) is 4.79 Å². The number of amides is 1. The molecule has 0 atom stereocenters. The molecular formula is C24H28N2O4S. The molecule has 0 saturated carbocycles. The molecule has 0 radical (unpaired) electrons. The van der Waals surface area contributed by atoms with Crippen molar-refractivity contribution in [1.82, 2.24) is 9.88 Å². The number of likely N-dealkylation sites (tertiary alicyclic amines) is 1. The van der Waals surface area contributed by atoms with Gasteiger partial charge in [0.25, 0.3) is 0 Å². The Bertz CT molecular complexity index is 990. The molecule has 2 aliphatic rings. The summed E-state index contributed by atoms with van der Waals surface area (Å²) in [6, 6.07) is 9.96. The molecule has 0 N–H and O–H groups in total. The van der Waals surface area contributed by atoms with E-state index in [0.717, 1.165) is 11.3 Å². The molecule has 4 rings (SSSR count). The summed E-state index contributed by atoms with van der Waals surface area (Å²) in [7, 11) is 0. The maximum absolute atomic E-state index is 13.0. The molecule has 1 aromatic heterocycles. The molecule has 2 aromatic rings. The summed E-state index contributed by atoms with van der Waals surface area (Å²) < 4.78 is 11.8. The number of thioether (sulfide) groups is 1. The van der Waals surface area contributed by atoms with Gasteiger partial charge in [-0.3, -0.25) is 9.78 Å². The Morgan fingerprint density at radius 3 is 2.48 bits per heavy atom. The van der Waals surface area contributed by atoms with E-state index in [1.807, 2.05) is 57.4 Å². The second-order valence-electron chi connectivity index (χ2n) is 9.15. The Hall–Kier alpha value is -2.54. The number of rotatable bonds is 2. The Morgan fingerprint density at radius 1 is 1.19 bits per heavy atom. The van der Waals surface area contributed by atoms with E-state index >= 15 is 0 Å². The SMILES string of the molecule is CSc1ccc(-c2cc3c(cn2)OC2(CCN(C(=O)OC(C)(C)C)CC2)CC3=O)cc1. The number of carbonyl (C=O) groups excluding carboxylic acids is 2. The normalized spacial score (nSPS) is 17.8. The lowest BCUT2D eigenvalue weighted by molar-refractivity contribution is -0.0227. The first-order chi connectivity index (χ1) is 14.7. The molecule has 1 spiro atoms. The van der Waals surface area contributed by atoms with Crippen LogP contribution in [0.1, 0.15) is 50.4 Å². The maximum Gasteiger partial charge on any atom is 0.410 e. The van der Waals surface area contributed by atoms with E-state index in [0.29, 0.717) is 43.7 Å². The Labute approximate surface area is 187 Å². The Morgan fingerprint density at radius 2 is 1.87 bits per heavy atom. The van der Waals surface area contributed by atoms with Crippen molar-refractivity contribution in [1.29, 1.82) is 0 Å². The zero-order valence-corrected chi connectivity index (χ0v) is 19.3. The molecule has 7 heteroatoms. The van der Waals surface area contributed by atoms with E-state index in [-0.39, 0.29) is 11.9 Å². The Balaban J connectivity index is 1.48. The second kappa shape index (κ2) is 8.19. The molecule has 31 heavy (non-hydrogen) atoms. The summed E-state index contributed by atoms with van der Waals surface area (Å²) in [6.07, 6.45) is 4.88. The van der Waals surface area contributed by atoms with Gasteiger partial charge < -0.3 is 14.4 Å². The van der Waals surface area contributed by atoms with Gasteiger partial charge in [0.1, 0.15) is 17.0 Å². The number of hydrogen-bond acceptors (Lipinski definition) is 6. The monoisotopic (exact) mass is 440 g/mol. The first-order valence-corrected chi connectivity index (χ1v) is 11.8. The first kappa shape index (κ1) is 21.7. The van der Waals surface area contributed by atoms with Gasteiger partial charge in [0.15, 0.2) is 5.78 Å². The number of pyridine rings is 1. The van der Waals surface area contributed by atoms with Crippen molar-refractivity contribution in [2.24, 2.45) is 0 Å². The lowest BCUT2D eigenvalue weighted by Crippen LogP contribution is -2.53. The molecule has 164 valence electrons. The first-order valence-electron chi connectivity index (χ1n) is 10.5. The molecule has 0 bridgehead atoms. The molecule has 6 nitrogen and oxygen atoms in total. The number of ketones is 1. The fourth-order valence-electron chi connectivity index (χ4n) is 4.02. The highest BCUT2D eigenvalue weighted by molar-refractivity contribution is 7.98. The largest absolute Gasteiger partial charge is 0.484 e. The number of carbonyl (C=O) groups is 2. The topological polar surface area (TPSA) is 68.7 Å². The lowest BCUT2D eigenvalue weighted by Gasteiger charge is -2.43. The van der Waals surface area contributed by atoms with E-state index in [9.17, 15) is 9.59 Å². The smallest absolute Gasteiger partial charge is 0.410 e. The third-order valence-corrected chi connectivity index (χ3v) is 6.43. The van der Waals surface area contributed by atoms with Gasteiger partial charge in [-0.1, -0.05) is 12.1 Å². The number of benzene rings is 1. The minimum atomic E-state index is -0.578. The van der Waals surface area contributed by atoms with Crippen molar-refractivity contribution in [3.8, 4) is 17.0 Å². The number of piperidine rings is 1. The predicted molar refractivity (Wildman–Crippen MR) is 121 cm³/mol. The fourth-order valence-corrected chi connectivity index (χ4v) is 4.43. The number of hydrogen-bond donors (Lipinski definition) is 0. The third kappa shape index (κ3) is 4.71. The summed E-state index contributed by atoms with van der Waals surface area (Å²) in [5, 5.41) is 0. The van der Waals surface area contributed by atoms with Crippen LogP contribution in [0.3, 0.4) is 0 Å². The van der Waals surface area contributed by atoms with Crippen LogP contribution in [-0.2, 0) is 4.74 Å². The number of aromatic nitrogens is 1. The van der Waals surface area contributed by atoms with E-state index in [4.69, 9.17) is 9.47 Å². The van der Waals surface area contributed by atoms with E-state index in [1.165, 1.54) is 4.90 Å². The van der Waals surface area contributed by atoms with Crippen LogP contribution in [0.25, 0.3) is 11.3 Å². The van der Waals surface area contributed by atoms with Crippen molar-refractivity contribution in [2.45, 2.75) is 56.1 Å². The van der Waals surface area contributed by atoms with Crippen LogP contribution in [0.15, 0.2) is 41.4 Å². The van der Waals surface area contributed by atoms with Crippen LogP contribution in [-0.4, -0.2) is 52.3 Å². The minimum absolute atomic E-state index is 0.0661. The molecule has 0 aliphatic carbocycles. The molecule has 1 aromatic carbocycles. The standard InChI is InChI=1S/C24H28N2O4S/c1-23(2,3)30-22(28)26-11-9-24(10-12-26)14-20(27)18-13-19(25-15-21(18)29-24)16-5-7-17(31-4)8-6-16/h5-8,13,15H,9-12,14H2,1-4H3. The van der Waals surface area contributed by atoms with Crippen molar-refractivity contribution in [2.75, 3.05) is 19.3 Å². The molecule has 1 saturated heterocycles. The van der Waals surface area contributed by atoms with Gasteiger partial charge in [0.2, 0.25) is 0 Å². The van der Waals surface area contributed by atoms with Crippen LogP contribution >= 0.6 is 11.8 Å². The quantitative estimate of drug-likeness (QED) is 0.598. The van der Waals surface area contributed by atoms with E-state index in [1.54, 1.807) is 22.9 Å². The summed E-state index contributed by atoms with van der Waals surface area (Å²) >= 11 is 1.69. The van der Waals surface area contributed by atoms with Gasteiger partial charge in [-0.05, 0) is 45.2 Å². The van der Waals surface area contributed by atoms with Gasteiger partial charge >= 0.3 is 6.09 Å². The van der Waals surface area contributed by atoms with Crippen LogP contribution in [0.2, 0.25) is 0 Å². The van der Waals surface area contributed by atoms with E-state index in [2.05, 4.69) is 4.98 Å². The zero-order chi connectivity index (χ0) is 22.2. The highest BCUT2D eigenvalue weighted by atomic mass is 32.2. The highest BCUT2D eigenvalue weighted by Crippen LogP contribution is 2.40. The van der Waals surface area contributed by atoms with Crippen LogP contribution in [0, 0.1) is 0 Å². The minimum Gasteiger partial charge on any atom is -0.484 e. The van der Waals surface area contributed by atoms with Crippen molar-refractivity contribution >= 4 is 23.6 Å². The van der Waals surface area contributed by atoms with Gasteiger partial charge in [-0.15, -0.1) is 11.8 Å². The molecule has 0 unspecified atom stereocenters. The number of Topliss-reactive ketones (excluding diaryl/α,β-unsaturated/α-hetero) is 1. The average molecular weight is 441 g/mol. The van der Waals surface area contributed by atoms with Crippen LogP contribution in [0.5, 0.6) is 5.75 Å². The summed E-state index contributed by atoms with van der Waals surface area (Å²) in [4.78, 5) is 32.8. The number of nitrogens with zero attached hydrogens (tertiary/aromatic N) is 2. The van der Waals surface area contributed by atoms with Crippen LogP contribution in [0.4, 0.5) is 4.79 Å². The molecular weight excluding hydrogens is 412 g/mol. The molecule has 1 fully saturated rings. The predicted octanol–water partition coefficient (Wildman–Crippen LogP) is 5.21. The zero-order valence-electron chi connectivity index (χ0n) is 18.4. The number of fused-ring (bicyclic) bond motifs is 1. The summed E-state index contributed by atoms with van der Waals surface area (Å²) in [5.74, 6) is 0.600. The van der Waals surface area contributed by atoms with Crippen LogP contribution < -0.4 is 4.74 Å². The molecule has 2 aliphatic heterocycles. The van der Waals surface area contributed by atoms with Gasteiger partial charge in [0.05, 0.1) is 23.9 Å². The molecule has 1 amide bonds. The third-order valence-electron chi connectivity index (χ3n) is 5.69. The van der Waals surface area contributed by atoms with Crippen molar-refractivity contribution in [3.63, 3.8) is 0 Å². The Kier molecular flexibility index (Phi) is 5.73. The maximum atomic E-state index is 13.0. The summed E-state index contributed by atoms with van der Waals surface area (Å²) in [5.41, 5.74) is 1.21. The van der Waals surface area contributed by atoms with Crippen molar-refractivity contribution in [3.05, 3.63) is 42.1 Å². The highest BCUT2D eigenvalue weighted by Gasteiger charge is 2.44. The van der Waals surface area contributed by atoms with E-state index < -0.39 is 11.2 Å². The second-order valence-corrected chi connectivity index (χ2v) is 10.0. The van der Waals surface area contributed by atoms with Gasteiger partial charge in [0, 0.05) is 36.4 Å². The van der Waals surface area contributed by atoms with Gasteiger partial charge in [-0.2, -0.15) is 0 Å². The average Bonchev–Trinajstić information content (AvgIpc) is 2.73. The number of ether oxygens (including phenoxy) is 2. The summed E-state index contributed by atoms with van der Waals surface area (Å²) in [6.45, 7) is 6.58. The molecule has 3 heterocycles. The fraction of sp³-hybridized carbons (Fsp3) is 0.458. The lowest BCUT2D eigenvalue weighted by atomic mass is 9.82.